The van der Waals surface area contributed by atoms with Gasteiger partial charge in [0.05, 0.1) is 5.69 Å². The van der Waals surface area contributed by atoms with Crippen LogP contribution in [0.4, 0.5) is 14.9 Å². The fourth-order valence-electron chi connectivity index (χ4n) is 3.79. The lowest BCUT2D eigenvalue weighted by atomic mass is 9.97. The normalized spacial score (nSPS) is 15.3. The van der Waals surface area contributed by atoms with E-state index in [1.807, 2.05) is 31.2 Å². The van der Waals surface area contributed by atoms with Crippen LogP contribution >= 0.6 is 0 Å². The first-order valence-electron chi connectivity index (χ1n) is 10.1. The Morgan fingerprint density at radius 2 is 1.72 bits per heavy atom. The molecule has 6 heteroatoms. The van der Waals surface area contributed by atoms with E-state index < -0.39 is 17.8 Å². The Kier molecular flexibility index (Phi) is 5.69. The van der Waals surface area contributed by atoms with Crippen LogP contribution in [0.2, 0.25) is 0 Å². The molecule has 1 heterocycles. The number of nitrogens with one attached hydrogen (secondary N) is 1. The highest BCUT2D eigenvalue weighted by Gasteiger charge is 2.37. The number of benzene rings is 3. The van der Waals surface area contributed by atoms with Crippen molar-refractivity contribution in [1.29, 1.82) is 0 Å². The second-order valence-corrected chi connectivity index (χ2v) is 7.75. The molecule has 5 nitrogen and oxygen atoms in total. The lowest BCUT2D eigenvalue weighted by Gasteiger charge is -2.27. The van der Waals surface area contributed by atoms with E-state index in [1.165, 1.54) is 18.2 Å². The van der Waals surface area contributed by atoms with Crippen LogP contribution in [0, 0.1) is 19.7 Å². The standard InChI is InChI=1S/C26H21FN2O3/c1-16-10-11-23(17(2)12-16)29-25(31)22(24(30)28-26(29)32)15-20-8-4-3-7-19(20)13-18-6-5-9-21(27)14-18/h3-12,14-15H,13H2,1-2H3,(H,28,30,32)/b22-15+. The number of anilines is 1. The van der Waals surface area contributed by atoms with Crippen LogP contribution in [-0.4, -0.2) is 17.8 Å². The summed E-state index contributed by atoms with van der Waals surface area (Å²) < 4.78 is 13.6. The molecule has 4 rings (SSSR count). The number of aryl methyl sites for hydroxylation is 2. The van der Waals surface area contributed by atoms with Crippen LogP contribution in [-0.2, 0) is 16.0 Å². The van der Waals surface area contributed by atoms with Crippen molar-refractivity contribution in [3.05, 3.63) is 106 Å². The van der Waals surface area contributed by atoms with Gasteiger partial charge in [0.15, 0.2) is 0 Å². The molecule has 0 atom stereocenters. The first-order valence-corrected chi connectivity index (χ1v) is 10.1. The number of halogens is 1. The zero-order chi connectivity index (χ0) is 22.8. The SMILES string of the molecule is Cc1ccc(N2C(=O)NC(=O)/C(=C\c3ccccc3Cc3cccc(F)c3)C2=O)c(C)c1. The van der Waals surface area contributed by atoms with Gasteiger partial charge in [-0.15, -0.1) is 0 Å². The highest BCUT2D eigenvalue weighted by atomic mass is 19.1. The zero-order valence-electron chi connectivity index (χ0n) is 17.7. The number of nitrogens with zero attached hydrogens (tertiary/aromatic N) is 1. The summed E-state index contributed by atoms with van der Waals surface area (Å²) in [4.78, 5) is 39.3. The first kappa shape index (κ1) is 21.2. The molecule has 32 heavy (non-hydrogen) atoms. The number of amides is 4. The van der Waals surface area contributed by atoms with Crippen molar-refractivity contribution in [3.63, 3.8) is 0 Å². The third-order valence-corrected chi connectivity index (χ3v) is 5.33. The maximum Gasteiger partial charge on any atom is 0.335 e. The summed E-state index contributed by atoms with van der Waals surface area (Å²) >= 11 is 0. The van der Waals surface area contributed by atoms with E-state index in [0.717, 1.165) is 27.2 Å². The van der Waals surface area contributed by atoms with Crippen molar-refractivity contribution < 1.29 is 18.8 Å². The maximum atomic E-state index is 13.6. The van der Waals surface area contributed by atoms with E-state index in [2.05, 4.69) is 5.32 Å². The van der Waals surface area contributed by atoms with Gasteiger partial charge in [-0.05, 0) is 66.8 Å². The third-order valence-electron chi connectivity index (χ3n) is 5.33. The Morgan fingerprint density at radius 3 is 2.47 bits per heavy atom. The summed E-state index contributed by atoms with van der Waals surface area (Å²) in [5.41, 5.74) is 4.25. The Bertz CT molecular complexity index is 1280. The third kappa shape index (κ3) is 4.21. The van der Waals surface area contributed by atoms with Crippen molar-refractivity contribution in [2.75, 3.05) is 4.90 Å². The molecule has 0 bridgehead atoms. The summed E-state index contributed by atoms with van der Waals surface area (Å²) in [6, 6.07) is 18.1. The number of carbonyl (C=O) groups excluding carboxylic acids is 3. The molecule has 1 N–H and O–H groups in total. The number of imide groups is 2. The number of barbiturate groups is 1. The summed E-state index contributed by atoms with van der Waals surface area (Å²) in [6.07, 6.45) is 1.91. The summed E-state index contributed by atoms with van der Waals surface area (Å²) in [5, 5.41) is 2.26. The lowest BCUT2D eigenvalue weighted by Crippen LogP contribution is -2.54. The molecule has 1 aliphatic rings. The molecule has 4 amide bonds. The quantitative estimate of drug-likeness (QED) is 0.484. The van der Waals surface area contributed by atoms with Crippen molar-refractivity contribution in [1.82, 2.24) is 5.32 Å². The minimum atomic E-state index is -0.780. The molecule has 1 saturated heterocycles. The number of hydrogen-bond acceptors (Lipinski definition) is 3. The van der Waals surface area contributed by atoms with Gasteiger partial charge in [0.1, 0.15) is 11.4 Å². The largest absolute Gasteiger partial charge is 0.335 e. The predicted octanol–water partition coefficient (Wildman–Crippen LogP) is 4.70. The van der Waals surface area contributed by atoms with E-state index in [1.54, 1.807) is 37.3 Å². The van der Waals surface area contributed by atoms with Gasteiger partial charge in [-0.3, -0.25) is 14.9 Å². The lowest BCUT2D eigenvalue weighted by molar-refractivity contribution is -0.122. The summed E-state index contributed by atoms with van der Waals surface area (Å²) in [6.45, 7) is 3.72. The van der Waals surface area contributed by atoms with Crippen molar-refractivity contribution in [3.8, 4) is 0 Å². The van der Waals surface area contributed by atoms with Gasteiger partial charge in [-0.2, -0.15) is 0 Å². The zero-order valence-corrected chi connectivity index (χ0v) is 17.7. The Morgan fingerprint density at radius 1 is 0.938 bits per heavy atom. The maximum absolute atomic E-state index is 13.6. The van der Waals surface area contributed by atoms with Gasteiger partial charge >= 0.3 is 6.03 Å². The van der Waals surface area contributed by atoms with E-state index in [-0.39, 0.29) is 11.4 Å². The first-order chi connectivity index (χ1) is 15.3. The number of carbonyl (C=O) groups is 3. The molecular weight excluding hydrogens is 407 g/mol. The van der Waals surface area contributed by atoms with Crippen LogP contribution in [0.3, 0.4) is 0 Å². The van der Waals surface area contributed by atoms with Gasteiger partial charge in [-0.25, -0.2) is 14.1 Å². The molecule has 3 aromatic carbocycles. The average molecular weight is 428 g/mol. The van der Waals surface area contributed by atoms with Gasteiger partial charge in [0.25, 0.3) is 11.8 Å². The second kappa shape index (κ2) is 8.59. The van der Waals surface area contributed by atoms with E-state index in [0.29, 0.717) is 17.7 Å². The molecule has 160 valence electrons. The van der Waals surface area contributed by atoms with E-state index in [9.17, 15) is 18.8 Å². The second-order valence-electron chi connectivity index (χ2n) is 7.75. The van der Waals surface area contributed by atoms with E-state index >= 15 is 0 Å². The molecule has 0 spiro atoms. The van der Waals surface area contributed by atoms with Crippen molar-refractivity contribution >= 4 is 29.6 Å². The van der Waals surface area contributed by atoms with Gasteiger partial charge in [0.2, 0.25) is 0 Å². The molecule has 0 saturated carbocycles. The van der Waals surface area contributed by atoms with Crippen LogP contribution in [0.15, 0.2) is 72.3 Å². The van der Waals surface area contributed by atoms with Crippen LogP contribution in [0.5, 0.6) is 0 Å². The predicted molar refractivity (Wildman–Crippen MR) is 121 cm³/mol. The minimum Gasteiger partial charge on any atom is -0.273 e. The Hall–Kier alpha value is -4.06. The Labute approximate surface area is 185 Å². The average Bonchev–Trinajstić information content (AvgIpc) is 2.73. The number of rotatable bonds is 4. The Balaban J connectivity index is 1.73. The van der Waals surface area contributed by atoms with Gasteiger partial charge in [-0.1, -0.05) is 54.1 Å². The fraction of sp³-hybridized carbons (Fsp3) is 0.115. The van der Waals surface area contributed by atoms with Crippen LogP contribution in [0.1, 0.15) is 27.8 Å². The fourth-order valence-corrected chi connectivity index (χ4v) is 3.79. The number of urea groups is 1. The molecule has 0 unspecified atom stereocenters. The van der Waals surface area contributed by atoms with Crippen LogP contribution in [0.25, 0.3) is 6.08 Å². The molecule has 0 radical (unpaired) electrons. The highest BCUT2D eigenvalue weighted by molar-refractivity contribution is 6.39. The van der Waals surface area contributed by atoms with E-state index in [4.69, 9.17) is 0 Å². The molecule has 0 aliphatic carbocycles. The molecule has 0 aromatic heterocycles. The monoisotopic (exact) mass is 428 g/mol. The van der Waals surface area contributed by atoms with Crippen molar-refractivity contribution in [2.24, 2.45) is 0 Å². The van der Waals surface area contributed by atoms with Crippen LogP contribution < -0.4 is 10.2 Å². The summed E-state index contributed by atoms with van der Waals surface area (Å²) in [5.74, 6) is -1.77. The van der Waals surface area contributed by atoms with Gasteiger partial charge in [0, 0.05) is 0 Å². The molecular formula is C26H21FN2O3. The minimum absolute atomic E-state index is 0.142. The molecule has 3 aromatic rings. The smallest absolute Gasteiger partial charge is 0.273 e. The van der Waals surface area contributed by atoms with Crippen molar-refractivity contribution in [2.45, 2.75) is 20.3 Å². The highest BCUT2D eigenvalue weighted by Crippen LogP contribution is 2.27. The topological polar surface area (TPSA) is 66.5 Å². The summed E-state index contributed by atoms with van der Waals surface area (Å²) in [7, 11) is 0. The van der Waals surface area contributed by atoms with Gasteiger partial charge < -0.3 is 0 Å². The number of hydrogen-bond donors (Lipinski definition) is 1. The molecule has 1 aliphatic heterocycles. The molecule has 1 fully saturated rings.